The second kappa shape index (κ2) is 4.97. The number of nitrogens with zero attached hydrogens (tertiary/aromatic N) is 1. The van der Waals surface area contributed by atoms with E-state index in [0.717, 1.165) is 36.0 Å². The first-order chi connectivity index (χ1) is 9.69. The second-order valence-electron chi connectivity index (χ2n) is 5.07. The van der Waals surface area contributed by atoms with Gasteiger partial charge in [0.25, 0.3) is 0 Å². The summed E-state index contributed by atoms with van der Waals surface area (Å²) in [4.78, 5) is 0. The average molecular weight is 267 g/mol. The Labute approximate surface area is 117 Å². The van der Waals surface area contributed by atoms with E-state index in [0.29, 0.717) is 17.1 Å². The van der Waals surface area contributed by atoms with Crippen molar-refractivity contribution < 1.29 is 9.13 Å². The van der Waals surface area contributed by atoms with E-state index in [1.165, 1.54) is 6.07 Å². The monoisotopic (exact) mass is 267 g/mol. The van der Waals surface area contributed by atoms with Gasteiger partial charge in [0.2, 0.25) is 0 Å². The summed E-state index contributed by atoms with van der Waals surface area (Å²) in [7, 11) is 0. The van der Waals surface area contributed by atoms with Gasteiger partial charge in [0, 0.05) is 5.56 Å². The first-order valence-electron chi connectivity index (χ1n) is 6.68. The van der Waals surface area contributed by atoms with Crippen molar-refractivity contribution in [3.05, 3.63) is 58.4 Å². The molecule has 2 aromatic carbocycles. The minimum atomic E-state index is -0.158. The van der Waals surface area contributed by atoms with E-state index in [1.54, 1.807) is 18.2 Å². The third kappa shape index (κ3) is 2.14. The molecule has 0 heterocycles. The molecule has 0 aliphatic heterocycles. The SMILES string of the molecule is Cc1ccc(Oc2ccc(F)c3c2CCC3)c(C#N)c1. The molecule has 0 saturated heterocycles. The molecular formula is C17H14FNO. The number of aryl methyl sites for hydroxylation is 1. The molecule has 0 bridgehead atoms. The van der Waals surface area contributed by atoms with Crippen LogP contribution in [0.25, 0.3) is 0 Å². The van der Waals surface area contributed by atoms with Crippen molar-refractivity contribution in [3.8, 4) is 17.6 Å². The third-order valence-corrected chi connectivity index (χ3v) is 3.66. The van der Waals surface area contributed by atoms with Crippen molar-refractivity contribution in [2.45, 2.75) is 26.2 Å². The van der Waals surface area contributed by atoms with Crippen LogP contribution in [0.5, 0.6) is 11.5 Å². The predicted octanol–water partition coefficient (Wildman–Crippen LogP) is 4.29. The molecule has 0 aromatic heterocycles. The van der Waals surface area contributed by atoms with Gasteiger partial charge >= 0.3 is 0 Å². The fraction of sp³-hybridized carbons (Fsp3) is 0.235. The van der Waals surface area contributed by atoms with Crippen molar-refractivity contribution in [2.75, 3.05) is 0 Å². The minimum absolute atomic E-state index is 0.158. The molecule has 3 heteroatoms. The van der Waals surface area contributed by atoms with Gasteiger partial charge in [-0.2, -0.15) is 5.26 Å². The lowest BCUT2D eigenvalue weighted by atomic mass is 10.1. The van der Waals surface area contributed by atoms with E-state index in [2.05, 4.69) is 6.07 Å². The summed E-state index contributed by atoms with van der Waals surface area (Å²) in [6.45, 7) is 1.93. The van der Waals surface area contributed by atoms with E-state index < -0.39 is 0 Å². The Morgan fingerprint density at radius 1 is 1.10 bits per heavy atom. The van der Waals surface area contributed by atoms with Crippen molar-refractivity contribution in [2.24, 2.45) is 0 Å². The number of hydrogen-bond acceptors (Lipinski definition) is 2. The van der Waals surface area contributed by atoms with Gasteiger partial charge in [0.1, 0.15) is 23.4 Å². The van der Waals surface area contributed by atoms with Crippen molar-refractivity contribution in [1.82, 2.24) is 0 Å². The lowest BCUT2D eigenvalue weighted by Gasteiger charge is -2.12. The third-order valence-electron chi connectivity index (χ3n) is 3.66. The maximum absolute atomic E-state index is 13.7. The number of fused-ring (bicyclic) bond motifs is 1. The largest absolute Gasteiger partial charge is 0.456 e. The summed E-state index contributed by atoms with van der Waals surface area (Å²) in [5.41, 5.74) is 3.21. The first-order valence-corrected chi connectivity index (χ1v) is 6.68. The molecule has 0 fully saturated rings. The standard InChI is InChI=1S/C17H14FNO/c1-11-5-7-16(12(9-11)10-19)20-17-8-6-15(18)13-3-2-4-14(13)17/h5-9H,2-4H2,1H3. The molecule has 0 saturated carbocycles. The van der Waals surface area contributed by atoms with Crippen LogP contribution in [-0.2, 0) is 12.8 Å². The molecule has 1 aliphatic rings. The molecule has 0 N–H and O–H groups in total. The van der Waals surface area contributed by atoms with E-state index in [9.17, 15) is 4.39 Å². The highest BCUT2D eigenvalue weighted by Crippen LogP contribution is 2.36. The van der Waals surface area contributed by atoms with Gasteiger partial charge in [-0.05, 0) is 61.6 Å². The van der Waals surface area contributed by atoms with Crippen LogP contribution in [0.1, 0.15) is 28.7 Å². The number of hydrogen-bond donors (Lipinski definition) is 0. The molecule has 20 heavy (non-hydrogen) atoms. The Morgan fingerprint density at radius 3 is 2.65 bits per heavy atom. The summed E-state index contributed by atoms with van der Waals surface area (Å²) < 4.78 is 19.6. The molecule has 0 unspecified atom stereocenters. The molecule has 100 valence electrons. The summed E-state index contributed by atoms with van der Waals surface area (Å²) >= 11 is 0. The summed E-state index contributed by atoms with van der Waals surface area (Å²) in [5, 5.41) is 9.17. The van der Waals surface area contributed by atoms with Crippen LogP contribution in [0.2, 0.25) is 0 Å². The number of halogens is 1. The number of ether oxygens (including phenoxy) is 1. The zero-order chi connectivity index (χ0) is 14.1. The molecule has 2 nitrogen and oxygen atoms in total. The summed E-state index contributed by atoms with van der Waals surface area (Å²) in [5.74, 6) is 1.03. The predicted molar refractivity (Wildman–Crippen MR) is 74.4 cm³/mol. The maximum Gasteiger partial charge on any atom is 0.145 e. The Hall–Kier alpha value is -2.34. The fourth-order valence-electron chi connectivity index (χ4n) is 2.66. The normalized spacial score (nSPS) is 12.8. The average Bonchev–Trinajstić information content (AvgIpc) is 2.94. The van der Waals surface area contributed by atoms with Crippen LogP contribution >= 0.6 is 0 Å². The molecule has 0 amide bonds. The van der Waals surface area contributed by atoms with Gasteiger partial charge in [0.15, 0.2) is 0 Å². The van der Waals surface area contributed by atoms with E-state index in [4.69, 9.17) is 10.00 Å². The molecule has 0 spiro atoms. The fourth-order valence-corrected chi connectivity index (χ4v) is 2.66. The topological polar surface area (TPSA) is 33.0 Å². The zero-order valence-electron chi connectivity index (χ0n) is 11.2. The number of rotatable bonds is 2. The quantitative estimate of drug-likeness (QED) is 0.813. The zero-order valence-corrected chi connectivity index (χ0v) is 11.2. The Bertz CT molecular complexity index is 716. The minimum Gasteiger partial charge on any atom is -0.456 e. The van der Waals surface area contributed by atoms with E-state index >= 15 is 0 Å². The van der Waals surface area contributed by atoms with Crippen LogP contribution in [0.4, 0.5) is 4.39 Å². The lowest BCUT2D eigenvalue weighted by Crippen LogP contribution is -1.95. The van der Waals surface area contributed by atoms with Gasteiger partial charge in [-0.1, -0.05) is 6.07 Å². The van der Waals surface area contributed by atoms with E-state index in [1.807, 2.05) is 13.0 Å². The number of nitriles is 1. The summed E-state index contributed by atoms with van der Waals surface area (Å²) in [6, 6.07) is 10.7. The van der Waals surface area contributed by atoms with Crippen molar-refractivity contribution >= 4 is 0 Å². The van der Waals surface area contributed by atoms with Crippen molar-refractivity contribution in [1.29, 1.82) is 5.26 Å². The molecule has 0 radical (unpaired) electrons. The van der Waals surface area contributed by atoms with Crippen molar-refractivity contribution in [3.63, 3.8) is 0 Å². The molecule has 3 rings (SSSR count). The van der Waals surface area contributed by atoms with E-state index in [-0.39, 0.29) is 5.82 Å². The van der Waals surface area contributed by atoms with Gasteiger partial charge in [0.05, 0.1) is 5.56 Å². The number of benzene rings is 2. The second-order valence-corrected chi connectivity index (χ2v) is 5.07. The Morgan fingerprint density at radius 2 is 1.85 bits per heavy atom. The Balaban J connectivity index is 2.01. The van der Waals surface area contributed by atoms with Gasteiger partial charge < -0.3 is 4.74 Å². The molecular weight excluding hydrogens is 253 g/mol. The Kier molecular flexibility index (Phi) is 3.15. The van der Waals surface area contributed by atoms with Gasteiger partial charge in [-0.3, -0.25) is 0 Å². The van der Waals surface area contributed by atoms with Gasteiger partial charge in [-0.15, -0.1) is 0 Å². The highest BCUT2D eigenvalue weighted by molar-refractivity contribution is 5.50. The lowest BCUT2D eigenvalue weighted by molar-refractivity contribution is 0.473. The van der Waals surface area contributed by atoms with Crippen LogP contribution < -0.4 is 4.74 Å². The van der Waals surface area contributed by atoms with Crippen LogP contribution in [0, 0.1) is 24.1 Å². The molecule has 2 aromatic rings. The molecule has 0 atom stereocenters. The highest BCUT2D eigenvalue weighted by atomic mass is 19.1. The first kappa shape index (κ1) is 12.7. The maximum atomic E-state index is 13.7. The highest BCUT2D eigenvalue weighted by Gasteiger charge is 2.20. The molecule has 1 aliphatic carbocycles. The van der Waals surface area contributed by atoms with Crippen LogP contribution in [0.3, 0.4) is 0 Å². The summed E-state index contributed by atoms with van der Waals surface area (Å²) in [6.07, 6.45) is 2.54. The van der Waals surface area contributed by atoms with Gasteiger partial charge in [-0.25, -0.2) is 4.39 Å². The van der Waals surface area contributed by atoms with Crippen LogP contribution in [-0.4, -0.2) is 0 Å². The smallest absolute Gasteiger partial charge is 0.145 e. The van der Waals surface area contributed by atoms with Crippen LogP contribution in [0.15, 0.2) is 30.3 Å².